The zero-order valence-electron chi connectivity index (χ0n) is 20.2. The molecule has 2 aromatic carbocycles. The number of benzene rings is 2. The molecule has 4 rings (SSSR count). The molecule has 33 heavy (non-hydrogen) atoms. The molecule has 1 amide bonds. The Morgan fingerprint density at radius 3 is 2.12 bits per heavy atom. The van der Waals surface area contributed by atoms with Gasteiger partial charge in [0, 0.05) is 23.6 Å². The molecule has 4 heteroatoms. The van der Waals surface area contributed by atoms with Gasteiger partial charge in [-0.15, -0.1) is 0 Å². The molecule has 0 aliphatic carbocycles. The number of furan rings is 1. The van der Waals surface area contributed by atoms with Gasteiger partial charge in [0.05, 0.1) is 12.2 Å². The summed E-state index contributed by atoms with van der Waals surface area (Å²) < 4.78 is 12.6. The maximum Gasteiger partial charge on any atom is 0.255 e. The molecule has 4 nitrogen and oxygen atoms in total. The van der Waals surface area contributed by atoms with Crippen LogP contribution in [0, 0.1) is 6.92 Å². The molecule has 3 aromatic rings. The van der Waals surface area contributed by atoms with Crippen LogP contribution in [0.4, 0.5) is 0 Å². The van der Waals surface area contributed by atoms with Gasteiger partial charge >= 0.3 is 0 Å². The summed E-state index contributed by atoms with van der Waals surface area (Å²) in [6.07, 6.45) is 13.4. The third-order valence-electron chi connectivity index (χ3n) is 6.77. The van der Waals surface area contributed by atoms with E-state index in [1.165, 1.54) is 56.9 Å². The van der Waals surface area contributed by atoms with Crippen LogP contribution in [0.1, 0.15) is 85.7 Å². The number of amides is 1. The second-order valence-corrected chi connectivity index (χ2v) is 9.30. The number of ether oxygens (including phenoxy) is 1. The minimum atomic E-state index is -0.117. The van der Waals surface area contributed by atoms with Crippen LogP contribution < -0.4 is 10.1 Å². The van der Waals surface area contributed by atoms with Crippen LogP contribution in [-0.2, 0) is 6.42 Å². The van der Waals surface area contributed by atoms with Crippen molar-refractivity contribution < 1.29 is 13.9 Å². The fourth-order valence-electron chi connectivity index (χ4n) is 4.87. The standard InChI is InChI=1S/C29H37NO3/c1-21-14-16-22(17-15-21)28-27(29(31)30-2)26-23-13-11-9-7-5-3-4-6-8-10-12-20-32-24(23)18-19-25(26)33-28/h14-19H,3-13,20H2,1-2H3,(H,30,31). The van der Waals surface area contributed by atoms with Gasteiger partial charge in [-0.25, -0.2) is 0 Å². The smallest absolute Gasteiger partial charge is 0.255 e. The highest BCUT2D eigenvalue weighted by atomic mass is 16.5. The lowest BCUT2D eigenvalue weighted by Gasteiger charge is -2.13. The monoisotopic (exact) mass is 447 g/mol. The third-order valence-corrected chi connectivity index (χ3v) is 6.77. The molecule has 1 aliphatic heterocycles. The highest BCUT2D eigenvalue weighted by molar-refractivity contribution is 6.12. The molecule has 0 bridgehead atoms. The molecule has 0 spiro atoms. The van der Waals surface area contributed by atoms with Crippen molar-refractivity contribution in [1.29, 1.82) is 0 Å². The van der Waals surface area contributed by atoms with Crippen LogP contribution in [0.25, 0.3) is 22.3 Å². The number of hydrogen-bond acceptors (Lipinski definition) is 3. The van der Waals surface area contributed by atoms with Crippen molar-refractivity contribution in [2.24, 2.45) is 0 Å². The summed E-state index contributed by atoms with van der Waals surface area (Å²) in [5.41, 5.74) is 4.58. The highest BCUT2D eigenvalue weighted by Gasteiger charge is 2.25. The maximum atomic E-state index is 13.1. The maximum absolute atomic E-state index is 13.1. The number of nitrogens with one attached hydrogen (secondary N) is 1. The Morgan fingerprint density at radius 2 is 1.45 bits per heavy atom. The Hall–Kier alpha value is -2.75. The second-order valence-electron chi connectivity index (χ2n) is 9.30. The van der Waals surface area contributed by atoms with Gasteiger partial charge in [-0.3, -0.25) is 4.79 Å². The summed E-state index contributed by atoms with van der Waals surface area (Å²) >= 11 is 0. The fourth-order valence-corrected chi connectivity index (χ4v) is 4.87. The molecule has 0 radical (unpaired) electrons. The molecule has 1 aliphatic rings. The van der Waals surface area contributed by atoms with Crippen LogP contribution in [0.2, 0.25) is 0 Å². The van der Waals surface area contributed by atoms with E-state index < -0.39 is 0 Å². The molecule has 1 N–H and O–H groups in total. The SMILES string of the molecule is CNC(=O)c1c(-c2ccc(C)cc2)oc2ccc3c(c12)CCCCCCCCCCCCO3. The second kappa shape index (κ2) is 11.4. The van der Waals surface area contributed by atoms with Gasteiger partial charge in [0.1, 0.15) is 17.1 Å². The number of rotatable bonds is 2. The van der Waals surface area contributed by atoms with E-state index in [0.717, 1.165) is 53.7 Å². The van der Waals surface area contributed by atoms with Gasteiger partial charge in [0.25, 0.3) is 5.91 Å². The molecule has 1 aromatic heterocycles. The fraction of sp³-hybridized carbons (Fsp3) is 0.483. The molecular formula is C29H37NO3. The Labute approximate surface area is 197 Å². The van der Waals surface area contributed by atoms with Crippen molar-refractivity contribution in [3.05, 3.63) is 53.1 Å². The first kappa shape index (κ1) is 23.4. The van der Waals surface area contributed by atoms with Gasteiger partial charge in [-0.05, 0) is 38.3 Å². The Bertz CT molecular complexity index is 1060. The number of carbonyl (C=O) groups is 1. The van der Waals surface area contributed by atoms with Crippen molar-refractivity contribution in [2.75, 3.05) is 13.7 Å². The molecule has 0 fully saturated rings. The topological polar surface area (TPSA) is 51.5 Å². The van der Waals surface area contributed by atoms with E-state index in [1.54, 1.807) is 7.05 Å². The Morgan fingerprint density at radius 1 is 0.818 bits per heavy atom. The molecule has 0 saturated heterocycles. The van der Waals surface area contributed by atoms with Crippen LogP contribution in [0.3, 0.4) is 0 Å². The van der Waals surface area contributed by atoms with E-state index in [4.69, 9.17) is 9.15 Å². The number of carbonyl (C=O) groups excluding carboxylic acids is 1. The quantitative estimate of drug-likeness (QED) is 0.440. The first-order chi connectivity index (χ1) is 16.2. The van der Waals surface area contributed by atoms with Gasteiger partial charge < -0.3 is 14.5 Å². The Balaban J connectivity index is 1.78. The lowest BCUT2D eigenvalue weighted by molar-refractivity contribution is 0.0964. The van der Waals surface area contributed by atoms with Crippen LogP contribution >= 0.6 is 0 Å². The largest absolute Gasteiger partial charge is 0.493 e. The summed E-state index contributed by atoms with van der Waals surface area (Å²) in [4.78, 5) is 13.1. The van der Waals surface area contributed by atoms with Crippen LogP contribution in [0.15, 0.2) is 40.8 Å². The predicted molar refractivity (Wildman–Crippen MR) is 135 cm³/mol. The Kier molecular flexibility index (Phi) is 8.09. The minimum absolute atomic E-state index is 0.117. The van der Waals surface area contributed by atoms with Gasteiger partial charge in [-0.2, -0.15) is 0 Å². The number of aryl methyl sites for hydroxylation is 2. The predicted octanol–water partition coefficient (Wildman–Crippen LogP) is 7.60. The molecule has 0 atom stereocenters. The van der Waals surface area contributed by atoms with Crippen molar-refractivity contribution in [3.63, 3.8) is 0 Å². The molecular weight excluding hydrogens is 410 g/mol. The van der Waals surface area contributed by atoms with E-state index in [-0.39, 0.29) is 5.91 Å². The number of fused-ring (bicyclic) bond motifs is 3. The average molecular weight is 448 g/mol. The summed E-state index contributed by atoms with van der Waals surface area (Å²) in [5, 5.41) is 3.75. The van der Waals surface area contributed by atoms with E-state index >= 15 is 0 Å². The third kappa shape index (κ3) is 5.61. The summed E-state index contributed by atoms with van der Waals surface area (Å²) in [7, 11) is 1.68. The van der Waals surface area contributed by atoms with Crippen molar-refractivity contribution in [1.82, 2.24) is 5.32 Å². The van der Waals surface area contributed by atoms with Crippen molar-refractivity contribution >= 4 is 16.9 Å². The summed E-state index contributed by atoms with van der Waals surface area (Å²) in [6, 6.07) is 12.2. The van der Waals surface area contributed by atoms with E-state index in [9.17, 15) is 4.79 Å². The van der Waals surface area contributed by atoms with E-state index in [1.807, 2.05) is 24.3 Å². The van der Waals surface area contributed by atoms with Crippen molar-refractivity contribution in [2.45, 2.75) is 77.6 Å². The van der Waals surface area contributed by atoms with E-state index in [2.05, 4.69) is 24.4 Å². The van der Waals surface area contributed by atoms with Gasteiger partial charge in [0.15, 0.2) is 0 Å². The summed E-state index contributed by atoms with van der Waals surface area (Å²) in [6.45, 7) is 2.78. The van der Waals surface area contributed by atoms with E-state index in [0.29, 0.717) is 11.3 Å². The first-order valence-corrected chi connectivity index (χ1v) is 12.7. The van der Waals surface area contributed by atoms with Crippen LogP contribution in [0.5, 0.6) is 5.75 Å². The lowest BCUT2D eigenvalue weighted by Crippen LogP contribution is -2.18. The van der Waals surface area contributed by atoms with Crippen molar-refractivity contribution in [3.8, 4) is 17.1 Å². The highest BCUT2D eigenvalue weighted by Crippen LogP contribution is 2.40. The average Bonchev–Trinajstić information content (AvgIpc) is 3.21. The zero-order valence-corrected chi connectivity index (χ0v) is 20.2. The van der Waals surface area contributed by atoms with Crippen LogP contribution in [-0.4, -0.2) is 19.6 Å². The normalized spacial score (nSPS) is 16.3. The molecule has 2 heterocycles. The minimum Gasteiger partial charge on any atom is -0.493 e. The van der Waals surface area contributed by atoms with Gasteiger partial charge in [0.2, 0.25) is 0 Å². The molecule has 0 unspecified atom stereocenters. The first-order valence-electron chi connectivity index (χ1n) is 12.7. The summed E-state index contributed by atoms with van der Waals surface area (Å²) in [5.74, 6) is 1.42. The molecule has 176 valence electrons. The van der Waals surface area contributed by atoms with Gasteiger partial charge in [-0.1, -0.05) is 81.2 Å². The molecule has 0 saturated carbocycles. The number of hydrogen-bond donors (Lipinski definition) is 1. The lowest BCUT2D eigenvalue weighted by atomic mass is 9.96. The zero-order chi connectivity index (χ0) is 23.0.